The molecule has 0 radical (unpaired) electrons. The largest absolute Gasteiger partial charge is 0.347 e. The van der Waals surface area contributed by atoms with Crippen molar-refractivity contribution in [3.63, 3.8) is 0 Å². The summed E-state index contributed by atoms with van der Waals surface area (Å²) in [5, 5.41) is 2.13. The van der Waals surface area contributed by atoms with E-state index in [-0.39, 0.29) is 17.4 Å². The summed E-state index contributed by atoms with van der Waals surface area (Å²) < 4.78 is 22.8. The topological polar surface area (TPSA) is 63.2 Å². The molecule has 1 aliphatic rings. The maximum absolute atomic E-state index is 12.0. The molecule has 1 aromatic carbocycles. The van der Waals surface area contributed by atoms with Crippen LogP contribution in [0.1, 0.15) is 10.4 Å². The molecule has 2 atom stereocenters. The van der Waals surface area contributed by atoms with E-state index in [1.54, 1.807) is 23.9 Å². The van der Waals surface area contributed by atoms with Gasteiger partial charge in [-0.3, -0.25) is 4.79 Å². The summed E-state index contributed by atoms with van der Waals surface area (Å²) in [6.45, 7) is 0. The van der Waals surface area contributed by atoms with Crippen molar-refractivity contribution in [2.75, 3.05) is 17.8 Å². The highest BCUT2D eigenvalue weighted by Crippen LogP contribution is 2.19. The SMILES string of the molecule is CSc1ccc(C(=O)NC2CS(=O)(=O)CC2Cl)cc1. The van der Waals surface area contributed by atoms with Crippen LogP contribution in [0.5, 0.6) is 0 Å². The number of benzene rings is 1. The summed E-state index contributed by atoms with van der Waals surface area (Å²) in [4.78, 5) is 13.1. The highest BCUT2D eigenvalue weighted by Gasteiger charge is 2.37. The highest BCUT2D eigenvalue weighted by molar-refractivity contribution is 7.98. The van der Waals surface area contributed by atoms with Crippen LogP contribution in [0.3, 0.4) is 0 Å². The van der Waals surface area contributed by atoms with Crippen LogP contribution in [0.2, 0.25) is 0 Å². The number of rotatable bonds is 3. The molecule has 1 heterocycles. The monoisotopic (exact) mass is 319 g/mol. The maximum atomic E-state index is 12.0. The summed E-state index contributed by atoms with van der Waals surface area (Å²) in [6, 6.07) is 6.62. The fourth-order valence-electron chi connectivity index (χ4n) is 1.93. The molecule has 1 aromatic rings. The zero-order chi connectivity index (χ0) is 14.0. The lowest BCUT2D eigenvalue weighted by molar-refractivity contribution is 0.0941. The van der Waals surface area contributed by atoms with Crippen molar-refractivity contribution < 1.29 is 13.2 Å². The fourth-order valence-corrected chi connectivity index (χ4v) is 4.89. The molecule has 0 saturated carbocycles. The third-order valence-corrected chi connectivity index (χ3v) is 6.07. The fraction of sp³-hybridized carbons (Fsp3) is 0.417. The van der Waals surface area contributed by atoms with Gasteiger partial charge in [-0.15, -0.1) is 23.4 Å². The molecular formula is C12H14ClNO3S2. The molecule has 1 N–H and O–H groups in total. The number of hydrogen-bond acceptors (Lipinski definition) is 4. The van der Waals surface area contributed by atoms with Gasteiger partial charge in [0.2, 0.25) is 0 Å². The Morgan fingerprint density at radius 2 is 1.95 bits per heavy atom. The highest BCUT2D eigenvalue weighted by atomic mass is 35.5. The summed E-state index contributed by atoms with van der Waals surface area (Å²) in [5.41, 5.74) is 0.506. The van der Waals surface area contributed by atoms with E-state index in [1.165, 1.54) is 0 Å². The second kappa shape index (κ2) is 5.73. The van der Waals surface area contributed by atoms with Crippen molar-refractivity contribution in [1.29, 1.82) is 0 Å². The standard InChI is InChI=1S/C12H14ClNO3S2/c1-18-9-4-2-8(3-5-9)12(15)14-11-7-19(16,17)6-10(11)13/h2-5,10-11H,6-7H2,1H3,(H,14,15). The van der Waals surface area contributed by atoms with Gasteiger partial charge in [0, 0.05) is 10.5 Å². The summed E-state index contributed by atoms with van der Waals surface area (Å²) >= 11 is 7.53. The molecule has 2 rings (SSSR count). The first-order valence-electron chi connectivity index (χ1n) is 5.71. The molecule has 7 heteroatoms. The van der Waals surface area contributed by atoms with Crippen molar-refractivity contribution in [2.45, 2.75) is 16.3 Å². The predicted molar refractivity (Wildman–Crippen MR) is 77.8 cm³/mol. The Kier molecular flexibility index (Phi) is 4.43. The second-order valence-electron chi connectivity index (χ2n) is 4.40. The summed E-state index contributed by atoms with van der Waals surface area (Å²) in [7, 11) is -3.13. The quantitative estimate of drug-likeness (QED) is 0.678. The molecule has 19 heavy (non-hydrogen) atoms. The number of sulfone groups is 1. The van der Waals surface area contributed by atoms with E-state index in [1.807, 2.05) is 18.4 Å². The van der Waals surface area contributed by atoms with Crippen molar-refractivity contribution in [1.82, 2.24) is 5.32 Å². The lowest BCUT2D eigenvalue weighted by Gasteiger charge is -2.14. The molecule has 4 nitrogen and oxygen atoms in total. The zero-order valence-corrected chi connectivity index (χ0v) is 12.7. The van der Waals surface area contributed by atoms with Crippen LogP contribution in [-0.4, -0.2) is 43.5 Å². The van der Waals surface area contributed by atoms with E-state index in [2.05, 4.69) is 5.32 Å². The van der Waals surface area contributed by atoms with E-state index >= 15 is 0 Å². The molecule has 1 amide bonds. The van der Waals surface area contributed by atoms with Crippen molar-refractivity contribution in [3.8, 4) is 0 Å². The normalized spacial score (nSPS) is 25.2. The van der Waals surface area contributed by atoms with Crippen LogP contribution in [-0.2, 0) is 9.84 Å². The van der Waals surface area contributed by atoms with Gasteiger partial charge in [-0.2, -0.15) is 0 Å². The Morgan fingerprint density at radius 1 is 1.32 bits per heavy atom. The molecule has 1 saturated heterocycles. The van der Waals surface area contributed by atoms with Crippen molar-refractivity contribution in [3.05, 3.63) is 29.8 Å². The van der Waals surface area contributed by atoms with Gasteiger partial charge < -0.3 is 5.32 Å². The molecule has 0 aromatic heterocycles. The molecule has 1 fully saturated rings. The summed E-state index contributed by atoms with van der Waals surface area (Å²) in [5.74, 6) is -0.457. The van der Waals surface area contributed by atoms with Crippen LogP contribution in [0.4, 0.5) is 0 Å². The Bertz CT molecular complexity index is 571. The van der Waals surface area contributed by atoms with Gasteiger partial charge in [0.15, 0.2) is 9.84 Å². The van der Waals surface area contributed by atoms with Crippen molar-refractivity contribution in [2.24, 2.45) is 0 Å². The Morgan fingerprint density at radius 3 is 2.42 bits per heavy atom. The van der Waals surface area contributed by atoms with Gasteiger partial charge in [-0.05, 0) is 30.5 Å². The van der Waals surface area contributed by atoms with Gasteiger partial charge in [-0.25, -0.2) is 8.42 Å². The summed E-state index contributed by atoms with van der Waals surface area (Å²) in [6.07, 6.45) is 1.95. The third-order valence-electron chi connectivity index (χ3n) is 2.95. The molecule has 104 valence electrons. The number of nitrogens with one attached hydrogen (secondary N) is 1. The van der Waals surface area contributed by atoms with Crippen LogP contribution in [0.25, 0.3) is 0 Å². The minimum Gasteiger partial charge on any atom is -0.347 e. The second-order valence-corrected chi connectivity index (χ2v) is 8.00. The smallest absolute Gasteiger partial charge is 0.251 e. The average Bonchev–Trinajstić information content (AvgIpc) is 2.62. The van der Waals surface area contributed by atoms with E-state index < -0.39 is 21.3 Å². The third kappa shape index (κ3) is 3.64. The Labute approximate surface area is 121 Å². The minimum atomic E-state index is -3.13. The van der Waals surface area contributed by atoms with Gasteiger partial charge in [-0.1, -0.05) is 0 Å². The van der Waals surface area contributed by atoms with Crippen molar-refractivity contribution >= 4 is 39.1 Å². The molecule has 1 aliphatic heterocycles. The van der Waals surface area contributed by atoms with E-state index in [4.69, 9.17) is 11.6 Å². The molecule has 2 unspecified atom stereocenters. The number of carbonyl (C=O) groups is 1. The molecule has 0 spiro atoms. The molecule has 0 aliphatic carbocycles. The Hall–Kier alpha value is -0.720. The number of hydrogen-bond donors (Lipinski definition) is 1. The molecular weight excluding hydrogens is 306 g/mol. The van der Waals surface area contributed by atoms with Crippen LogP contribution in [0.15, 0.2) is 29.2 Å². The van der Waals surface area contributed by atoms with Gasteiger partial charge in [0.05, 0.1) is 22.9 Å². The van der Waals surface area contributed by atoms with E-state index in [0.717, 1.165) is 4.90 Å². The average molecular weight is 320 g/mol. The first-order chi connectivity index (χ1) is 8.91. The van der Waals surface area contributed by atoms with E-state index in [0.29, 0.717) is 5.56 Å². The zero-order valence-electron chi connectivity index (χ0n) is 10.3. The number of halogens is 1. The molecule has 0 bridgehead atoms. The van der Waals surface area contributed by atoms with Crippen LogP contribution < -0.4 is 5.32 Å². The van der Waals surface area contributed by atoms with Crippen LogP contribution in [0, 0.1) is 0 Å². The van der Waals surface area contributed by atoms with Gasteiger partial charge >= 0.3 is 0 Å². The number of alkyl halides is 1. The van der Waals surface area contributed by atoms with Crippen LogP contribution >= 0.6 is 23.4 Å². The Balaban J connectivity index is 2.05. The first-order valence-corrected chi connectivity index (χ1v) is 9.19. The first kappa shape index (κ1) is 14.7. The predicted octanol–water partition coefficient (Wildman–Crippen LogP) is 1.54. The maximum Gasteiger partial charge on any atom is 0.251 e. The number of thioether (sulfide) groups is 1. The lowest BCUT2D eigenvalue weighted by Crippen LogP contribution is -2.40. The minimum absolute atomic E-state index is 0.0785. The number of amides is 1. The lowest BCUT2D eigenvalue weighted by atomic mass is 10.2. The van der Waals surface area contributed by atoms with Gasteiger partial charge in [0.25, 0.3) is 5.91 Å². The van der Waals surface area contributed by atoms with Gasteiger partial charge in [0.1, 0.15) is 0 Å². The van der Waals surface area contributed by atoms with E-state index in [9.17, 15) is 13.2 Å². The number of carbonyl (C=O) groups excluding carboxylic acids is 1.